The van der Waals surface area contributed by atoms with Crippen LogP contribution < -0.4 is 10.2 Å². The first kappa shape index (κ1) is 14.5. The highest BCUT2D eigenvalue weighted by molar-refractivity contribution is 5.85. The van der Waals surface area contributed by atoms with E-state index >= 15 is 0 Å². The number of hydrogen-bond donors (Lipinski definition) is 0. The SMILES string of the molecule is C=CCC1(C(=O)[O-])CCCCC1(CC=C)C(=O)[O-]. The Bertz CT molecular complexity index is 338. The molecule has 1 saturated carbocycles. The molecule has 18 heavy (non-hydrogen) atoms. The highest BCUT2D eigenvalue weighted by Crippen LogP contribution is 2.54. The molecule has 0 aliphatic heterocycles. The fraction of sp³-hybridized carbons (Fsp3) is 0.571. The Morgan fingerprint density at radius 2 is 1.28 bits per heavy atom. The number of aliphatic carboxylic acids is 2. The predicted octanol–water partition coefficient (Wildman–Crippen LogP) is 0.185. The van der Waals surface area contributed by atoms with Crippen LogP contribution in [0.2, 0.25) is 0 Å². The van der Waals surface area contributed by atoms with Crippen LogP contribution in [0.4, 0.5) is 0 Å². The zero-order valence-corrected chi connectivity index (χ0v) is 10.4. The number of carbonyl (C=O) groups is 2. The number of carboxylic acid groups (broad SMARTS) is 2. The van der Waals surface area contributed by atoms with Gasteiger partial charge in [0.2, 0.25) is 0 Å². The molecule has 0 aromatic heterocycles. The van der Waals surface area contributed by atoms with Crippen molar-refractivity contribution in [3.8, 4) is 0 Å². The summed E-state index contributed by atoms with van der Waals surface area (Å²) in [5.74, 6) is -2.65. The molecule has 2 atom stereocenters. The summed E-state index contributed by atoms with van der Waals surface area (Å²) in [7, 11) is 0. The molecule has 100 valence electrons. The largest absolute Gasteiger partial charge is 0.550 e. The van der Waals surface area contributed by atoms with E-state index in [1.54, 1.807) is 0 Å². The molecule has 0 N–H and O–H groups in total. The van der Waals surface area contributed by atoms with Crippen molar-refractivity contribution in [3.63, 3.8) is 0 Å². The van der Waals surface area contributed by atoms with E-state index in [0.717, 1.165) is 0 Å². The van der Waals surface area contributed by atoms with Crippen molar-refractivity contribution in [3.05, 3.63) is 25.3 Å². The third-order valence-corrected chi connectivity index (χ3v) is 4.14. The average molecular weight is 250 g/mol. The predicted molar refractivity (Wildman–Crippen MR) is 63.0 cm³/mol. The van der Waals surface area contributed by atoms with Crippen LogP contribution in [-0.4, -0.2) is 11.9 Å². The molecule has 0 saturated heterocycles. The number of rotatable bonds is 6. The standard InChI is InChI=1S/C14H20O4/c1-3-7-13(11(15)16)9-5-6-10-14(13,8-4-2)12(17)18/h3-4H,1-2,5-10H2,(H,15,16)(H,17,18)/p-2. The molecule has 4 nitrogen and oxygen atoms in total. The van der Waals surface area contributed by atoms with E-state index in [-0.39, 0.29) is 25.7 Å². The van der Waals surface area contributed by atoms with Gasteiger partial charge >= 0.3 is 0 Å². The van der Waals surface area contributed by atoms with Gasteiger partial charge in [-0.2, -0.15) is 0 Å². The summed E-state index contributed by atoms with van der Waals surface area (Å²) in [6, 6.07) is 0. The van der Waals surface area contributed by atoms with Gasteiger partial charge in [0.15, 0.2) is 0 Å². The second-order valence-corrected chi connectivity index (χ2v) is 4.93. The maximum atomic E-state index is 11.6. The lowest BCUT2D eigenvalue weighted by molar-refractivity contribution is -0.348. The normalized spacial score (nSPS) is 31.6. The Labute approximate surface area is 107 Å². The van der Waals surface area contributed by atoms with E-state index in [9.17, 15) is 19.8 Å². The molecular formula is C14H18O4-2. The van der Waals surface area contributed by atoms with Crippen molar-refractivity contribution in [1.82, 2.24) is 0 Å². The van der Waals surface area contributed by atoms with Crippen LogP contribution in [0.3, 0.4) is 0 Å². The molecule has 1 fully saturated rings. The molecule has 1 rings (SSSR count). The second-order valence-electron chi connectivity index (χ2n) is 4.93. The van der Waals surface area contributed by atoms with E-state index in [0.29, 0.717) is 12.8 Å². The highest BCUT2D eigenvalue weighted by atomic mass is 16.4. The lowest BCUT2D eigenvalue weighted by Gasteiger charge is -2.54. The molecule has 0 radical (unpaired) electrons. The fourth-order valence-electron chi connectivity index (χ4n) is 3.18. The number of carboxylic acids is 2. The van der Waals surface area contributed by atoms with Gasteiger partial charge in [-0.25, -0.2) is 0 Å². The molecule has 0 heterocycles. The maximum absolute atomic E-state index is 11.6. The van der Waals surface area contributed by atoms with Crippen molar-refractivity contribution >= 4 is 11.9 Å². The molecule has 2 unspecified atom stereocenters. The van der Waals surface area contributed by atoms with E-state index in [1.807, 2.05) is 0 Å². The Kier molecular flexibility index (Phi) is 4.33. The first-order valence-corrected chi connectivity index (χ1v) is 6.11. The topological polar surface area (TPSA) is 80.3 Å². The summed E-state index contributed by atoms with van der Waals surface area (Å²) in [4.78, 5) is 23.2. The van der Waals surface area contributed by atoms with Crippen LogP contribution in [0.25, 0.3) is 0 Å². The minimum Gasteiger partial charge on any atom is -0.550 e. The van der Waals surface area contributed by atoms with Crippen LogP contribution >= 0.6 is 0 Å². The smallest absolute Gasteiger partial charge is 0.0488 e. The summed E-state index contributed by atoms with van der Waals surface area (Å²) in [5.41, 5.74) is -2.86. The van der Waals surface area contributed by atoms with E-state index in [1.165, 1.54) is 12.2 Å². The van der Waals surface area contributed by atoms with Gasteiger partial charge in [-0.05, 0) is 25.7 Å². The molecule has 1 aliphatic carbocycles. The summed E-state index contributed by atoms with van der Waals surface area (Å²) in [5, 5.41) is 23.2. The van der Waals surface area contributed by atoms with Gasteiger partial charge in [0.05, 0.1) is 0 Å². The van der Waals surface area contributed by atoms with Crippen molar-refractivity contribution in [2.75, 3.05) is 0 Å². The zero-order chi connectivity index (χ0) is 13.8. The first-order valence-electron chi connectivity index (χ1n) is 6.11. The van der Waals surface area contributed by atoms with Gasteiger partial charge in [0.1, 0.15) is 0 Å². The van der Waals surface area contributed by atoms with Crippen molar-refractivity contribution in [1.29, 1.82) is 0 Å². The maximum Gasteiger partial charge on any atom is 0.0488 e. The lowest BCUT2D eigenvalue weighted by atomic mass is 9.53. The lowest BCUT2D eigenvalue weighted by Crippen LogP contribution is -2.61. The Morgan fingerprint density at radius 1 is 0.944 bits per heavy atom. The van der Waals surface area contributed by atoms with E-state index in [4.69, 9.17) is 0 Å². The second kappa shape index (κ2) is 5.38. The molecule has 0 spiro atoms. The number of hydrogen-bond acceptors (Lipinski definition) is 4. The number of allylic oxidation sites excluding steroid dienone is 2. The first-order chi connectivity index (χ1) is 8.47. The van der Waals surface area contributed by atoms with Crippen LogP contribution in [0.1, 0.15) is 38.5 Å². The van der Waals surface area contributed by atoms with Gasteiger partial charge in [0, 0.05) is 22.8 Å². The Morgan fingerprint density at radius 3 is 1.50 bits per heavy atom. The van der Waals surface area contributed by atoms with Crippen LogP contribution in [0.15, 0.2) is 25.3 Å². The summed E-state index contributed by atoms with van der Waals surface area (Å²) in [6.07, 6.45) is 4.96. The summed E-state index contributed by atoms with van der Waals surface area (Å²) in [6.45, 7) is 7.07. The van der Waals surface area contributed by atoms with E-state index in [2.05, 4.69) is 13.2 Å². The summed E-state index contributed by atoms with van der Waals surface area (Å²) >= 11 is 0. The minimum atomic E-state index is -1.43. The third kappa shape index (κ3) is 1.96. The summed E-state index contributed by atoms with van der Waals surface area (Å²) < 4.78 is 0. The van der Waals surface area contributed by atoms with Crippen molar-refractivity contribution < 1.29 is 19.8 Å². The van der Waals surface area contributed by atoms with Gasteiger partial charge in [-0.1, -0.05) is 25.0 Å². The molecule has 0 aromatic rings. The minimum absolute atomic E-state index is 0.0805. The van der Waals surface area contributed by atoms with Gasteiger partial charge in [0.25, 0.3) is 0 Å². The quantitative estimate of drug-likeness (QED) is 0.630. The van der Waals surface area contributed by atoms with Gasteiger partial charge in [-0.15, -0.1) is 13.2 Å². The van der Waals surface area contributed by atoms with Crippen LogP contribution in [-0.2, 0) is 9.59 Å². The van der Waals surface area contributed by atoms with Crippen molar-refractivity contribution in [2.45, 2.75) is 38.5 Å². The molecule has 0 aromatic carbocycles. The van der Waals surface area contributed by atoms with Gasteiger partial charge < -0.3 is 19.8 Å². The monoisotopic (exact) mass is 250 g/mol. The zero-order valence-electron chi connectivity index (χ0n) is 10.4. The molecular weight excluding hydrogens is 232 g/mol. The molecule has 4 heteroatoms. The Balaban J connectivity index is 3.38. The third-order valence-electron chi connectivity index (χ3n) is 4.14. The molecule has 0 bridgehead atoms. The molecule has 1 aliphatic rings. The van der Waals surface area contributed by atoms with Gasteiger partial charge in [-0.3, -0.25) is 0 Å². The van der Waals surface area contributed by atoms with E-state index < -0.39 is 22.8 Å². The van der Waals surface area contributed by atoms with Crippen molar-refractivity contribution in [2.24, 2.45) is 10.8 Å². The molecule has 0 amide bonds. The number of carbonyl (C=O) groups excluding carboxylic acids is 2. The highest BCUT2D eigenvalue weighted by Gasteiger charge is 2.53. The van der Waals surface area contributed by atoms with Crippen LogP contribution in [0, 0.1) is 10.8 Å². The fourth-order valence-corrected chi connectivity index (χ4v) is 3.18. The van der Waals surface area contributed by atoms with Crippen LogP contribution in [0.5, 0.6) is 0 Å². The average Bonchev–Trinajstić information content (AvgIpc) is 2.31. The Hall–Kier alpha value is -1.58.